The summed E-state index contributed by atoms with van der Waals surface area (Å²) in [4.78, 5) is 14.1. The van der Waals surface area contributed by atoms with Crippen molar-refractivity contribution in [2.24, 2.45) is 0 Å². The van der Waals surface area contributed by atoms with Crippen LogP contribution in [0.2, 0.25) is 0 Å². The van der Waals surface area contributed by atoms with Gasteiger partial charge in [0.25, 0.3) is 5.91 Å². The summed E-state index contributed by atoms with van der Waals surface area (Å²) in [6.07, 6.45) is 2.55. The molecule has 1 aromatic rings. The molecule has 2 rings (SSSR count). The molecule has 0 aliphatic heterocycles. The molecule has 18 heavy (non-hydrogen) atoms. The number of nitrogen functional groups attached to an aromatic ring is 2. The lowest BCUT2D eigenvalue weighted by atomic mass is 10.1. The number of amides is 1. The number of nitrogens with two attached hydrogens (primary N) is 2. The van der Waals surface area contributed by atoms with Crippen molar-refractivity contribution in [3.8, 4) is 0 Å². The molecule has 1 aromatic carbocycles. The maximum Gasteiger partial charge on any atom is 0.251 e. The van der Waals surface area contributed by atoms with E-state index in [1.54, 1.807) is 18.2 Å². The number of carbonyl (C=O) groups is 1. The van der Waals surface area contributed by atoms with Crippen LogP contribution in [0.5, 0.6) is 0 Å². The van der Waals surface area contributed by atoms with Crippen molar-refractivity contribution in [3.05, 3.63) is 23.8 Å². The van der Waals surface area contributed by atoms with Gasteiger partial charge < -0.3 is 21.7 Å². The normalized spacial score (nSPS) is 14.8. The third-order valence-corrected chi connectivity index (χ3v) is 3.16. The summed E-state index contributed by atoms with van der Waals surface area (Å²) in [6.45, 7) is 1.51. The minimum absolute atomic E-state index is 0.127. The van der Waals surface area contributed by atoms with Gasteiger partial charge in [0.15, 0.2) is 0 Å². The maximum atomic E-state index is 11.9. The van der Waals surface area contributed by atoms with Gasteiger partial charge in [0, 0.05) is 36.1 Å². The third-order valence-electron chi connectivity index (χ3n) is 3.16. The number of nitrogens with one attached hydrogen (secondary N) is 1. The van der Waals surface area contributed by atoms with E-state index in [0.29, 0.717) is 29.5 Å². The summed E-state index contributed by atoms with van der Waals surface area (Å²) in [5.74, 6) is -0.127. The Balaban J connectivity index is 1.83. The zero-order chi connectivity index (χ0) is 13.1. The van der Waals surface area contributed by atoms with Crippen molar-refractivity contribution in [1.29, 1.82) is 0 Å². The predicted octanol–water partition coefficient (Wildman–Crippen LogP) is 0.675. The van der Waals surface area contributed by atoms with Crippen LogP contribution in [0, 0.1) is 0 Å². The molecule has 5 N–H and O–H groups in total. The molecule has 98 valence electrons. The number of rotatable bonds is 5. The standard InChI is InChI=1S/C13H20N4O/c1-17(12-2-3-12)5-4-16-13(18)9-6-10(14)8-11(15)7-9/h6-8,12H,2-5,14-15H2,1H3,(H,16,18). The first-order valence-corrected chi connectivity index (χ1v) is 6.21. The number of nitrogens with zero attached hydrogens (tertiary/aromatic N) is 1. The second-order valence-electron chi connectivity index (χ2n) is 4.86. The van der Waals surface area contributed by atoms with Crippen molar-refractivity contribution < 1.29 is 4.79 Å². The first-order chi connectivity index (χ1) is 8.56. The molecule has 0 heterocycles. The van der Waals surface area contributed by atoms with Crippen LogP contribution in [0.15, 0.2) is 18.2 Å². The zero-order valence-corrected chi connectivity index (χ0v) is 10.6. The van der Waals surface area contributed by atoms with Crippen molar-refractivity contribution in [1.82, 2.24) is 10.2 Å². The van der Waals surface area contributed by atoms with E-state index in [0.717, 1.165) is 6.54 Å². The second-order valence-corrected chi connectivity index (χ2v) is 4.86. The van der Waals surface area contributed by atoms with Crippen LogP contribution < -0.4 is 16.8 Å². The topological polar surface area (TPSA) is 84.4 Å². The summed E-state index contributed by atoms with van der Waals surface area (Å²) < 4.78 is 0. The smallest absolute Gasteiger partial charge is 0.251 e. The van der Waals surface area contributed by atoms with E-state index in [2.05, 4.69) is 17.3 Å². The summed E-state index contributed by atoms with van der Waals surface area (Å²) in [7, 11) is 2.09. The van der Waals surface area contributed by atoms with E-state index in [4.69, 9.17) is 11.5 Å². The molecule has 1 amide bonds. The molecule has 1 aliphatic carbocycles. The molecule has 0 saturated heterocycles. The summed E-state index contributed by atoms with van der Waals surface area (Å²) in [6, 6.07) is 5.62. The van der Waals surface area contributed by atoms with Crippen molar-refractivity contribution in [2.45, 2.75) is 18.9 Å². The number of hydrogen-bond acceptors (Lipinski definition) is 4. The van der Waals surface area contributed by atoms with E-state index in [1.165, 1.54) is 12.8 Å². The number of likely N-dealkylation sites (N-methyl/N-ethyl adjacent to an activating group) is 1. The van der Waals surface area contributed by atoms with Crippen LogP contribution >= 0.6 is 0 Å². The van der Waals surface area contributed by atoms with Gasteiger partial charge in [-0.15, -0.1) is 0 Å². The third kappa shape index (κ3) is 3.37. The Kier molecular flexibility index (Phi) is 3.72. The SMILES string of the molecule is CN(CCNC(=O)c1cc(N)cc(N)c1)C1CC1. The molecule has 5 heteroatoms. The fourth-order valence-corrected chi connectivity index (χ4v) is 1.95. The quantitative estimate of drug-likeness (QED) is 0.669. The van der Waals surface area contributed by atoms with Gasteiger partial charge in [0.1, 0.15) is 0 Å². The van der Waals surface area contributed by atoms with Gasteiger partial charge in [0.2, 0.25) is 0 Å². The summed E-state index contributed by atoms with van der Waals surface area (Å²) in [5.41, 5.74) is 12.8. The van der Waals surface area contributed by atoms with E-state index in [9.17, 15) is 4.79 Å². The van der Waals surface area contributed by atoms with Crippen molar-refractivity contribution in [2.75, 3.05) is 31.6 Å². The highest BCUT2D eigenvalue weighted by Gasteiger charge is 2.25. The second kappa shape index (κ2) is 5.27. The Bertz CT molecular complexity index is 422. The molecule has 0 radical (unpaired) electrons. The van der Waals surface area contributed by atoms with Gasteiger partial charge >= 0.3 is 0 Å². The van der Waals surface area contributed by atoms with Gasteiger partial charge in [-0.1, -0.05) is 0 Å². The average Bonchev–Trinajstić information content (AvgIpc) is 3.11. The van der Waals surface area contributed by atoms with Gasteiger partial charge in [-0.3, -0.25) is 4.79 Å². The number of benzene rings is 1. The largest absolute Gasteiger partial charge is 0.399 e. The molecule has 1 fully saturated rings. The van der Waals surface area contributed by atoms with Gasteiger partial charge in [0.05, 0.1) is 0 Å². The molecule has 0 aromatic heterocycles. The van der Waals surface area contributed by atoms with E-state index in [1.807, 2.05) is 0 Å². The Morgan fingerprint density at radius 3 is 2.50 bits per heavy atom. The minimum Gasteiger partial charge on any atom is -0.399 e. The highest BCUT2D eigenvalue weighted by molar-refractivity contribution is 5.96. The Morgan fingerprint density at radius 2 is 1.94 bits per heavy atom. The number of anilines is 2. The van der Waals surface area contributed by atoms with Crippen LogP contribution in [0.1, 0.15) is 23.2 Å². The summed E-state index contributed by atoms with van der Waals surface area (Å²) >= 11 is 0. The highest BCUT2D eigenvalue weighted by Crippen LogP contribution is 2.24. The zero-order valence-electron chi connectivity index (χ0n) is 10.6. The van der Waals surface area contributed by atoms with E-state index in [-0.39, 0.29) is 5.91 Å². The van der Waals surface area contributed by atoms with Crippen LogP contribution in [-0.4, -0.2) is 37.0 Å². The molecule has 0 unspecified atom stereocenters. The number of carbonyl (C=O) groups excluding carboxylic acids is 1. The maximum absolute atomic E-state index is 11.9. The molecule has 0 atom stereocenters. The Morgan fingerprint density at radius 1 is 1.33 bits per heavy atom. The van der Waals surface area contributed by atoms with E-state index >= 15 is 0 Å². The van der Waals surface area contributed by atoms with Gasteiger partial charge in [-0.2, -0.15) is 0 Å². The van der Waals surface area contributed by atoms with Crippen molar-refractivity contribution in [3.63, 3.8) is 0 Å². The lowest BCUT2D eigenvalue weighted by Gasteiger charge is -2.15. The predicted molar refractivity (Wildman–Crippen MR) is 73.3 cm³/mol. The van der Waals surface area contributed by atoms with Crippen LogP contribution in [-0.2, 0) is 0 Å². The molecular formula is C13H20N4O. The van der Waals surface area contributed by atoms with Crippen molar-refractivity contribution >= 4 is 17.3 Å². The lowest BCUT2D eigenvalue weighted by Crippen LogP contribution is -2.34. The number of hydrogen-bond donors (Lipinski definition) is 3. The first-order valence-electron chi connectivity index (χ1n) is 6.21. The van der Waals surface area contributed by atoms with Gasteiger partial charge in [-0.25, -0.2) is 0 Å². The minimum atomic E-state index is -0.127. The lowest BCUT2D eigenvalue weighted by molar-refractivity contribution is 0.0949. The Hall–Kier alpha value is -1.75. The van der Waals surface area contributed by atoms with Crippen LogP contribution in [0.25, 0.3) is 0 Å². The molecule has 0 spiro atoms. The molecule has 5 nitrogen and oxygen atoms in total. The van der Waals surface area contributed by atoms with E-state index < -0.39 is 0 Å². The molecular weight excluding hydrogens is 228 g/mol. The highest BCUT2D eigenvalue weighted by atomic mass is 16.1. The Labute approximate surface area is 107 Å². The fourth-order valence-electron chi connectivity index (χ4n) is 1.95. The molecule has 0 bridgehead atoms. The van der Waals surface area contributed by atoms with Crippen LogP contribution in [0.4, 0.5) is 11.4 Å². The summed E-state index contributed by atoms with van der Waals surface area (Å²) in [5, 5.41) is 2.88. The first kappa shape index (κ1) is 12.7. The fraction of sp³-hybridized carbons (Fsp3) is 0.462. The molecule has 1 aliphatic rings. The average molecular weight is 248 g/mol. The van der Waals surface area contributed by atoms with Gasteiger partial charge in [-0.05, 0) is 38.1 Å². The van der Waals surface area contributed by atoms with Crippen LogP contribution in [0.3, 0.4) is 0 Å². The molecule has 1 saturated carbocycles. The monoisotopic (exact) mass is 248 g/mol.